The summed E-state index contributed by atoms with van der Waals surface area (Å²) in [5.74, 6) is 1.09. The number of rotatable bonds is 9. The van der Waals surface area contributed by atoms with Gasteiger partial charge in [-0.1, -0.05) is 11.6 Å². The highest BCUT2D eigenvalue weighted by Gasteiger charge is 2.19. The summed E-state index contributed by atoms with van der Waals surface area (Å²) in [6.45, 7) is 0.830. The van der Waals surface area contributed by atoms with E-state index in [4.69, 9.17) is 20.8 Å². The van der Waals surface area contributed by atoms with Crippen LogP contribution in [0.25, 0.3) is 11.3 Å². The lowest BCUT2D eigenvalue weighted by molar-refractivity contribution is 0.0948. The summed E-state index contributed by atoms with van der Waals surface area (Å²) in [6, 6.07) is 8.91. The molecule has 0 amide bonds. The van der Waals surface area contributed by atoms with Gasteiger partial charge in [0.05, 0.1) is 35.4 Å². The van der Waals surface area contributed by atoms with Crippen LogP contribution >= 0.6 is 34.3 Å². The molecule has 0 aromatic carbocycles. The molecule has 0 spiro atoms. The van der Waals surface area contributed by atoms with Gasteiger partial charge in [-0.25, -0.2) is 4.98 Å². The number of aromatic nitrogens is 4. The minimum Gasteiger partial charge on any atom is -0.491 e. The Hall–Kier alpha value is -3.67. The minimum atomic E-state index is -0.275. The number of nitrogens with zero attached hydrogens (tertiary/aromatic N) is 4. The molecule has 1 N–H and O–H groups in total. The number of anilines is 1. The summed E-state index contributed by atoms with van der Waals surface area (Å²) in [7, 11) is 1.44. The summed E-state index contributed by atoms with van der Waals surface area (Å²) in [5.41, 5.74) is 1.40. The Labute approximate surface area is 218 Å². The van der Waals surface area contributed by atoms with Gasteiger partial charge in [-0.05, 0) is 29.6 Å². The first-order chi connectivity index (χ1) is 17.5. The molecule has 0 fully saturated rings. The van der Waals surface area contributed by atoms with E-state index in [0.717, 1.165) is 4.88 Å². The highest BCUT2D eigenvalue weighted by atomic mass is 35.5. The van der Waals surface area contributed by atoms with Crippen molar-refractivity contribution in [2.45, 2.75) is 19.5 Å². The number of halogens is 1. The van der Waals surface area contributed by atoms with Crippen LogP contribution in [0.2, 0.25) is 4.34 Å². The first kappa shape index (κ1) is 24.0. The van der Waals surface area contributed by atoms with Gasteiger partial charge < -0.3 is 19.0 Å². The van der Waals surface area contributed by atoms with E-state index < -0.39 is 0 Å². The Morgan fingerprint density at radius 2 is 2.17 bits per heavy atom. The van der Waals surface area contributed by atoms with Crippen LogP contribution < -0.4 is 15.6 Å². The van der Waals surface area contributed by atoms with Gasteiger partial charge in [0.1, 0.15) is 11.6 Å². The second-order valence-electron chi connectivity index (χ2n) is 7.72. The number of hydrogen-bond donors (Lipinski definition) is 1. The van der Waals surface area contributed by atoms with Crippen LogP contribution in [0.1, 0.15) is 21.0 Å². The summed E-state index contributed by atoms with van der Waals surface area (Å²) in [5, 5.41) is 11.5. The van der Waals surface area contributed by atoms with E-state index in [1.807, 2.05) is 17.5 Å². The third kappa shape index (κ3) is 5.13. The number of carbonyl (C=O) groups is 1. The van der Waals surface area contributed by atoms with Gasteiger partial charge in [0.25, 0.3) is 11.5 Å². The Morgan fingerprint density at radius 3 is 2.86 bits per heavy atom. The maximum Gasteiger partial charge on any atom is 0.292 e. The van der Waals surface area contributed by atoms with Gasteiger partial charge >= 0.3 is 0 Å². The van der Waals surface area contributed by atoms with E-state index in [1.54, 1.807) is 36.0 Å². The molecular formula is C24H20ClN5O4S2. The van der Waals surface area contributed by atoms with Crippen molar-refractivity contribution in [1.29, 1.82) is 0 Å². The highest BCUT2D eigenvalue weighted by Crippen LogP contribution is 2.27. The van der Waals surface area contributed by atoms with Gasteiger partial charge in [0.2, 0.25) is 0 Å². The average Bonchev–Trinajstić information content (AvgIpc) is 3.69. The molecule has 0 radical (unpaired) electrons. The molecule has 5 aromatic rings. The zero-order valence-electron chi connectivity index (χ0n) is 19.0. The van der Waals surface area contributed by atoms with Crippen molar-refractivity contribution in [2.75, 3.05) is 12.4 Å². The van der Waals surface area contributed by atoms with Crippen molar-refractivity contribution in [1.82, 2.24) is 19.3 Å². The Morgan fingerprint density at radius 1 is 1.28 bits per heavy atom. The fourth-order valence-corrected chi connectivity index (χ4v) is 5.25. The topological polar surface area (TPSA) is 104 Å². The van der Waals surface area contributed by atoms with Gasteiger partial charge in [-0.15, -0.1) is 11.3 Å². The van der Waals surface area contributed by atoms with Gasteiger partial charge in [-0.2, -0.15) is 21.1 Å². The summed E-state index contributed by atoms with van der Waals surface area (Å²) >= 11 is 8.95. The lowest BCUT2D eigenvalue weighted by Gasteiger charge is -2.09. The molecule has 0 aliphatic rings. The lowest BCUT2D eigenvalue weighted by Crippen LogP contribution is -2.22. The van der Waals surface area contributed by atoms with Crippen LogP contribution in [0.3, 0.4) is 0 Å². The lowest BCUT2D eigenvalue weighted by atomic mass is 10.2. The first-order valence-electron chi connectivity index (χ1n) is 10.8. The predicted molar refractivity (Wildman–Crippen MR) is 139 cm³/mol. The molecule has 0 aliphatic heterocycles. The SMILES string of the molecule is COc1cc(-c2cc(NCc3ccc(Cl)s3)n(C(=O)c3ccsc3)n2)cn(CCc2cnco2)c1=O. The van der Waals surface area contributed by atoms with Crippen molar-refractivity contribution in [3.63, 3.8) is 0 Å². The number of hydrogen-bond acceptors (Lipinski definition) is 9. The van der Waals surface area contributed by atoms with Crippen LogP contribution in [0.15, 0.2) is 69.1 Å². The maximum absolute atomic E-state index is 13.2. The number of carbonyl (C=O) groups excluding carboxylic acids is 1. The van der Waals surface area contributed by atoms with Crippen LogP contribution in [-0.2, 0) is 19.5 Å². The van der Waals surface area contributed by atoms with Crippen molar-refractivity contribution in [2.24, 2.45) is 0 Å². The molecule has 5 rings (SSSR count). The van der Waals surface area contributed by atoms with Gasteiger partial charge in [0.15, 0.2) is 12.1 Å². The Bertz CT molecular complexity index is 1540. The average molecular weight is 542 g/mol. The fourth-order valence-electron chi connectivity index (χ4n) is 3.59. The number of ether oxygens (including phenoxy) is 1. The standard InChI is InChI=1S/C24H20ClN5O4S2/c1-33-20-8-16(12-29(24(20)32)6-4-17-10-26-14-34-17)19-9-22(27-11-18-2-3-21(25)36-18)30(28-19)23(31)15-5-7-35-13-15/h2-3,5,7-10,12-14,27H,4,6,11H2,1H3. The number of nitrogens with one attached hydrogen (secondary N) is 1. The minimum absolute atomic E-state index is 0.173. The molecule has 0 atom stereocenters. The van der Waals surface area contributed by atoms with Crippen molar-refractivity contribution in [3.05, 3.63) is 90.8 Å². The molecule has 9 nitrogen and oxygen atoms in total. The number of methoxy groups -OCH3 is 1. The number of oxazole rings is 1. The molecule has 12 heteroatoms. The predicted octanol–water partition coefficient (Wildman–Crippen LogP) is 5.03. The molecule has 0 bridgehead atoms. The molecule has 5 aromatic heterocycles. The zero-order valence-corrected chi connectivity index (χ0v) is 21.4. The maximum atomic E-state index is 13.2. The smallest absolute Gasteiger partial charge is 0.292 e. The van der Waals surface area contributed by atoms with Gasteiger partial charge in [0, 0.05) is 41.0 Å². The molecule has 0 saturated carbocycles. The van der Waals surface area contributed by atoms with Crippen LogP contribution in [0, 0.1) is 0 Å². The van der Waals surface area contributed by atoms with Crippen LogP contribution in [0.4, 0.5) is 5.82 Å². The second kappa shape index (κ2) is 10.5. The molecule has 184 valence electrons. The highest BCUT2D eigenvalue weighted by molar-refractivity contribution is 7.16. The van der Waals surface area contributed by atoms with E-state index in [-0.39, 0.29) is 17.2 Å². The third-order valence-corrected chi connectivity index (χ3v) is 7.31. The van der Waals surface area contributed by atoms with E-state index >= 15 is 0 Å². The third-order valence-electron chi connectivity index (χ3n) is 5.39. The molecule has 36 heavy (non-hydrogen) atoms. The quantitative estimate of drug-likeness (QED) is 0.279. The number of pyridine rings is 1. The molecule has 0 unspecified atom stereocenters. The van der Waals surface area contributed by atoms with E-state index in [1.165, 1.54) is 45.4 Å². The molecule has 0 aliphatic carbocycles. The fraction of sp³-hybridized carbons (Fsp3) is 0.167. The van der Waals surface area contributed by atoms with Crippen molar-refractivity contribution >= 4 is 46.0 Å². The Kier molecular flexibility index (Phi) is 7.03. The van der Waals surface area contributed by atoms with Crippen LogP contribution in [-0.4, -0.2) is 32.3 Å². The first-order valence-corrected chi connectivity index (χ1v) is 13.0. The normalized spacial score (nSPS) is 11.1. The summed E-state index contributed by atoms with van der Waals surface area (Å²) < 4.78 is 14.2. The largest absolute Gasteiger partial charge is 0.491 e. The monoisotopic (exact) mass is 541 g/mol. The zero-order chi connectivity index (χ0) is 25.1. The van der Waals surface area contributed by atoms with Crippen LogP contribution in [0.5, 0.6) is 5.75 Å². The molecule has 0 saturated heterocycles. The summed E-state index contributed by atoms with van der Waals surface area (Å²) in [6.07, 6.45) is 5.15. The molecular weight excluding hydrogens is 522 g/mol. The van der Waals surface area contributed by atoms with Crippen molar-refractivity contribution < 1.29 is 13.9 Å². The van der Waals surface area contributed by atoms with E-state index in [0.29, 0.717) is 52.2 Å². The molecule has 5 heterocycles. The number of thiophene rings is 2. The van der Waals surface area contributed by atoms with E-state index in [2.05, 4.69) is 15.4 Å². The summed E-state index contributed by atoms with van der Waals surface area (Å²) in [4.78, 5) is 31.0. The van der Waals surface area contributed by atoms with E-state index in [9.17, 15) is 9.59 Å². The van der Waals surface area contributed by atoms with Gasteiger partial charge in [-0.3, -0.25) is 9.59 Å². The second-order valence-corrected chi connectivity index (χ2v) is 10.3. The Balaban J connectivity index is 1.51. The van der Waals surface area contributed by atoms with Crippen molar-refractivity contribution in [3.8, 4) is 17.0 Å². The number of aryl methyl sites for hydroxylation is 2.